The summed E-state index contributed by atoms with van der Waals surface area (Å²) in [5.74, 6) is 0.428. The highest BCUT2D eigenvalue weighted by atomic mass is 32.2. The van der Waals surface area contributed by atoms with Gasteiger partial charge in [0, 0.05) is 6.54 Å². The van der Waals surface area contributed by atoms with Gasteiger partial charge in [-0.15, -0.1) is 0 Å². The van der Waals surface area contributed by atoms with E-state index in [0.717, 1.165) is 4.31 Å². The van der Waals surface area contributed by atoms with Gasteiger partial charge in [-0.1, -0.05) is 49.3 Å². The number of nitrogens with zero attached hydrogens (tertiary/aromatic N) is 2. The van der Waals surface area contributed by atoms with E-state index in [9.17, 15) is 18.3 Å². The highest BCUT2D eigenvalue weighted by molar-refractivity contribution is 7.89. The number of methoxy groups -OCH3 is 1. The van der Waals surface area contributed by atoms with Gasteiger partial charge in [-0.3, -0.25) is 0 Å². The van der Waals surface area contributed by atoms with E-state index in [1.54, 1.807) is 43.3 Å². The lowest BCUT2D eigenvalue weighted by Gasteiger charge is -2.34. The first-order valence-corrected chi connectivity index (χ1v) is 16.6. The fourth-order valence-corrected chi connectivity index (χ4v) is 7.38. The molecule has 0 spiro atoms. The van der Waals surface area contributed by atoms with Crippen LogP contribution in [0.2, 0.25) is 0 Å². The fourth-order valence-electron chi connectivity index (χ4n) is 5.73. The molecule has 0 radical (unpaired) electrons. The van der Waals surface area contributed by atoms with Crippen LogP contribution < -0.4 is 10.1 Å². The predicted molar refractivity (Wildman–Crippen MR) is 166 cm³/mol. The van der Waals surface area contributed by atoms with E-state index in [2.05, 4.69) is 10.5 Å². The molecule has 2 aromatic rings. The summed E-state index contributed by atoms with van der Waals surface area (Å²) >= 11 is 0. The molecule has 3 N–H and O–H groups in total. The predicted octanol–water partition coefficient (Wildman–Crippen LogP) is 4.28. The van der Waals surface area contributed by atoms with Gasteiger partial charge >= 0.3 is 6.09 Å². The summed E-state index contributed by atoms with van der Waals surface area (Å²) in [4.78, 5) is 13.1. The van der Waals surface area contributed by atoms with Crippen LogP contribution in [0, 0.1) is 11.3 Å². The lowest BCUT2D eigenvalue weighted by atomic mass is 9.81. The normalized spacial score (nSPS) is 21.8. The Labute approximate surface area is 265 Å². The van der Waals surface area contributed by atoms with Crippen molar-refractivity contribution >= 4 is 21.8 Å². The van der Waals surface area contributed by atoms with E-state index < -0.39 is 40.8 Å². The molecule has 13 heteroatoms. The number of hydrogen-bond donors (Lipinski definition) is 3. The first-order valence-electron chi connectivity index (χ1n) is 15.1. The molecule has 12 nitrogen and oxygen atoms in total. The third-order valence-electron chi connectivity index (χ3n) is 8.32. The number of ether oxygens (including phenoxy) is 4. The molecular weight excluding hydrogens is 602 g/mol. The molecule has 0 bridgehead atoms. The van der Waals surface area contributed by atoms with Crippen molar-refractivity contribution in [3.05, 3.63) is 59.7 Å². The molecule has 2 saturated heterocycles. The lowest BCUT2D eigenvalue weighted by molar-refractivity contribution is -0.0907. The summed E-state index contributed by atoms with van der Waals surface area (Å²) in [7, 11) is -2.79. The summed E-state index contributed by atoms with van der Waals surface area (Å²) in [6.07, 6.45) is -2.06. The van der Waals surface area contributed by atoms with Gasteiger partial charge < -0.3 is 34.6 Å². The molecule has 2 fully saturated rings. The Morgan fingerprint density at radius 3 is 2.60 bits per heavy atom. The zero-order chi connectivity index (χ0) is 32.8. The van der Waals surface area contributed by atoms with Gasteiger partial charge in [0.25, 0.3) is 0 Å². The van der Waals surface area contributed by atoms with Crippen LogP contribution in [0.3, 0.4) is 0 Å². The Kier molecular flexibility index (Phi) is 11.5. The van der Waals surface area contributed by atoms with Gasteiger partial charge in [-0.05, 0) is 74.3 Å². The second kappa shape index (κ2) is 14.9. The quantitative estimate of drug-likeness (QED) is 0.118. The SMILES string of the molecule is COc1ccc(S(=O)(=O)N(Cc2ccccc2)[C@H](NC(=O)O[C@H]2CO[C@H]3OCC[C@H]32)[C@@H](C)O)cc1CC(C)(C)CCC(C)=NO. The largest absolute Gasteiger partial charge is 0.496 e. The number of aliphatic hydroxyl groups excluding tert-OH is 1. The Bertz CT molecular complexity index is 1430. The van der Waals surface area contributed by atoms with Gasteiger partial charge in [-0.2, -0.15) is 4.31 Å². The van der Waals surface area contributed by atoms with Crippen molar-refractivity contribution in [2.75, 3.05) is 20.3 Å². The van der Waals surface area contributed by atoms with Crippen LogP contribution in [0.4, 0.5) is 4.79 Å². The van der Waals surface area contributed by atoms with Crippen molar-refractivity contribution in [2.45, 2.75) is 89.5 Å². The number of oxime groups is 1. The van der Waals surface area contributed by atoms with Crippen molar-refractivity contribution in [3.8, 4) is 5.75 Å². The highest BCUT2D eigenvalue weighted by Crippen LogP contribution is 2.35. The first-order chi connectivity index (χ1) is 21.3. The third-order valence-corrected chi connectivity index (χ3v) is 10.1. The number of rotatable bonds is 14. The molecule has 0 unspecified atom stereocenters. The number of alkyl carbamates (subject to hydrolysis) is 1. The number of amides is 1. The minimum Gasteiger partial charge on any atom is -0.496 e. The van der Waals surface area contributed by atoms with E-state index in [-0.39, 0.29) is 29.4 Å². The number of aliphatic hydroxyl groups is 1. The molecule has 0 aliphatic carbocycles. The highest BCUT2D eigenvalue weighted by Gasteiger charge is 2.44. The third kappa shape index (κ3) is 8.73. The van der Waals surface area contributed by atoms with Crippen molar-refractivity contribution in [3.63, 3.8) is 0 Å². The second-order valence-electron chi connectivity index (χ2n) is 12.5. The van der Waals surface area contributed by atoms with E-state index >= 15 is 0 Å². The Morgan fingerprint density at radius 1 is 1.20 bits per heavy atom. The summed E-state index contributed by atoms with van der Waals surface area (Å²) in [5.41, 5.74) is 1.66. The van der Waals surface area contributed by atoms with Crippen LogP contribution >= 0.6 is 0 Å². The molecule has 5 atom stereocenters. The van der Waals surface area contributed by atoms with E-state index in [4.69, 9.17) is 24.2 Å². The molecule has 248 valence electrons. The van der Waals surface area contributed by atoms with Crippen LogP contribution in [-0.4, -0.2) is 79.8 Å². The summed E-state index contributed by atoms with van der Waals surface area (Å²) in [6.45, 7) is 7.81. The smallest absolute Gasteiger partial charge is 0.408 e. The lowest BCUT2D eigenvalue weighted by Crippen LogP contribution is -2.56. The van der Waals surface area contributed by atoms with Crippen molar-refractivity contribution in [2.24, 2.45) is 16.5 Å². The number of carbonyl (C=O) groups is 1. The van der Waals surface area contributed by atoms with Crippen LogP contribution in [0.1, 0.15) is 58.1 Å². The number of benzene rings is 2. The minimum atomic E-state index is -4.31. The maximum absolute atomic E-state index is 14.4. The average molecular weight is 648 g/mol. The second-order valence-corrected chi connectivity index (χ2v) is 14.4. The fraction of sp³-hybridized carbons (Fsp3) is 0.562. The van der Waals surface area contributed by atoms with Gasteiger partial charge in [0.1, 0.15) is 18.0 Å². The zero-order valence-corrected chi connectivity index (χ0v) is 27.3. The molecule has 2 aliphatic rings. The van der Waals surface area contributed by atoms with E-state index in [1.165, 1.54) is 20.1 Å². The molecule has 45 heavy (non-hydrogen) atoms. The summed E-state index contributed by atoms with van der Waals surface area (Å²) < 4.78 is 52.3. The Hall–Kier alpha value is -3.23. The number of carbonyl (C=O) groups excluding carboxylic acids is 1. The maximum Gasteiger partial charge on any atom is 0.408 e. The topological polar surface area (TPSA) is 156 Å². The average Bonchev–Trinajstić information content (AvgIpc) is 3.63. The monoisotopic (exact) mass is 647 g/mol. The number of fused-ring (bicyclic) bond motifs is 1. The van der Waals surface area contributed by atoms with Crippen LogP contribution in [0.25, 0.3) is 0 Å². The Balaban J connectivity index is 1.64. The number of sulfonamides is 1. The van der Waals surface area contributed by atoms with Crippen molar-refractivity contribution in [1.29, 1.82) is 0 Å². The summed E-state index contributed by atoms with van der Waals surface area (Å²) in [6, 6.07) is 13.6. The van der Waals surface area contributed by atoms with Crippen LogP contribution in [0.15, 0.2) is 58.6 Å². The van der Waals surface area contributed by atoms with E-state index in [1.807, 2.05) is 19.9 Å². The molecule has 2 heterocycles. The molecule has 2 aliphatic heterocycles. The van der Waals surface area contributed by atoms with Crippen molar-refractivity contribution < 1.29 is 42.5 Å². The maximum atomic E-state index is 14.4. The molecule has 2 aromatic carbocycles. The number of nitrogens with one attached hydrogen (secondary N) is 1. The standard InChI is InChI=1S/C32H45N3O9S/c1-21(34-38)13-15-32(3,4)18-24-17-25(11-12-27(24)41-5)45(39,40)35(19-23-9-7-6-8-10-23)29(22(2)36)33-31(37)44-28-20-43-30-26(28)14-16-42-30/h6-12,17,22,26,28-30,36,38H,13-16,18-20H2,1-5H3,(H,33,37)/t22-,26+,28+,29+,30-/m1/s1. The molecule has 0 aromatic heterocycles. The van der Waals surface area contributed by atoms with Crippen LogP contribution in [0.5, 0.6) is 5.75 Å². The number of hydrogen-bond acceptors (Lipinski definition) is 10. The van der Waals surface area contributed by atoms with Gasteiger partial charge in [0.15, 0.2) is 6.29 Å². The van der Waals surface area contributed by atoms with Gasteiger partial charge in [0.2, 0.25) is 10.0 Å². The van der Waals surface area contributed by atoms with E-state index in [0.29, 0.717) is 54.9 Å². The van der Waals surface area contributed by atoms with Crippen molar-refractivity contribution in [1.82, 2.24) is 9.62 Å². The van der Waals surface area contributed by atoms with Crippen LogP contribution in [-0.2, 0) is 37.2 Å². The summed E-state index contributed by atoms with van der Waals surface area (Å²) in [5, 5.41) is 25.8. The molecule has 0 saturated carbocycles. The zero-order valence-electron chi connectivity index (χ0n) is 26.5. The van der Waals surface area contributed by atoms with Gasteiger partial charge in [0.05, 0.1) is 43.0 Å². The Morgan fingerprint density at radius 2 is 1.93 bits per heavy atom. The first kappa shape index (κ1) is 34.6. The van der Waals surface area contributed by atoms with Gasteiger partial charge in [-0.25, -0.2) is 13.2 Å². The molecule has 1 amide bonds. The molecule has 4 rings (SSSR count). The minimum absolute atomic E-state index is 0.0194. The molecular formula is C32H45N3O9S.